The van der Waals surface area contributed by atoms with E-state index in [9.17, 15) is 14.7 Å². The topological polar surface area (TPSA) is 76.1 Å². The van der Waals surface area contributed by atoms with Gasteiger partial charge in [0.2, 0.25) is 0 Å². The predicted octanol–water partition coefficient (Wildman–Crippen LogP) is 3.09. The Morgan fingerprint density at radius 3 is 2.73 bits per heavy atom. The number of ether oxygens (including phenoxy) is 2. The molecule has 0 radical (unpaired) electrons. The fraction of sp³-hybridized carbons (Fsp3) is 0.263. The Bertz CT molecular complexity index is 838. The van der Waals surface area contributed by atoms with Crippen LogP contribution in [-0.4, -0.2) is 42.5 Å². The van der Waals surface area contributed by atoms with E-state index in [0.29, 0.717) is 6.54 Å². The number of rotatable bonds is 4. The van der Waals surface area contributed by atoms with Gasteiger partial charge in [0.1, 0.15) is 5.56 Å². The maximum atomic E-state index is 12.8. The van der Waals surface area contributed by atoms with Gasteiger partial charge in [0.25, 0.3) is 5.91 Å². The van der Waals surface area contributed by atoms with Crippen LogP contribution in [0, 0.1) is 0 Å². The number of thioether (sulfide) groups is 1. The maximum Gasteiger partial charge on any atom is 0.342 e. The molecule has 0 aliphatic carbocycles. The standard InChI is InChI=1S/C19H19NO5S/c1-12(25-19(23)13-6-5-8-15(24-2)17(13)21)18(22)20-10-11-26-16-9-4-3-7-14(16)20/h3-9,12,21H,10-11H2,1-2H3/t12-/m1/s1. The van der Waals surface area contributed by atoms with Crippen LogP contribution in [0.3, 0.4) is 0 Å². The van der Waals surface area contributed by atoms with E-state index in [1.54, 1.807) is 22.7 Å². The number of carbonyl (C=O) groups excluding carboxylic acids is 2. The van der Waals surface area contributed by atoms with Crippen molar-refractivity contribution < 1.29 is 24.2 Å². The predicted molar refractivity (Wildman–Crippen MR) is 99.1 cm³/mol. The van der Waals surface area contributed by atoms with Crippen molar-refractivity contribution in [2.45, 2.75) is 17.9 Å². The summed E-state index contributed by atoms with van der Waals surface area (Å²) in [6.07, 6.45) is -0.982. The minimum Gasteiger partial charge on any atom is -0.504 e. The van der Waals surface area contributed by atoms with Crippen molar-refractivity contribution in [3.05, 3.63) is 48.0 Å². The van der Waals surface area contributed by atoms with Crippen LogP contribution in [0.25, 0.3) is 0 Å². The molecule has 1 atom stereocenters. The molecule has 26 heavy (non-hydrogen) atoms. The highest BCUT2D eigenvalue weighted by Crippen LogP contribution is 2.35. The first-order valence-electron chi connectivity index (χ1n) is 8.13. The molecule has 1 heterocycles. The molecule has 1 aliphatic heterocycles. The molecule has 0 saturated carbocycles. The molecule has 0 unspecified atom stereocenters. The van der Waals surface area contributed by atoms with Gasteiger partial charge in [-0.05, 0) is 31.2 Å². The molecule has 1 amide bonds. The second kappa shape index (κ2) is 7.70. The van der Waals surface area contributed by atoms with Crippen LogP contribution in [0.1, 0.15) is 17.3 Å². The lowest BCUT2D eigenvalue weighted by molar-refractivity contribution is -0.126. The van der Waals surface area contributed by atoms with Crippen molar-refractivity contribution in [3.63, 3.8) is 0 Å². The number of amides is 1. The Kier molecular flexibility index (Phi) is 5.37. The van der Waals surface area contributed by atoms with Gasteiger partial charge < -0.3 is 19.5 Å². The number of phenolic OH excluding ortho intramolecular Hbond substituents is 1. The zero-order valence-electron chi connectivity index (χ0n) is 14.5. The van der Waals surface area contributed by atoms with Gasteiger partial charge in [-0.2, -0.15) is 0 Å². The number of esters is 1. The third-order valence-electron chi connectivity index (χ3n) is 4.06. The summed E-state index contributed by atoms with van der Waals surface area (Å²) in [6.45, 7) is 2.08. The van der Waals surface area contributed by atoms with E-state index in [1.165, 1.54) is 26.2 Å². The fourth-order valence-electron chi connectivity index (χ4n) is 2.74. The van der Waals surface area contributed by atoms with E-state index in [-0.39, 0.29) is 23.0 Å². The number of nitrogens with zero attached hydrogens (tertiary/aromatic N) is 1. The summed E-state index contributed by atoms with van der Waals surface area (Å²) in [7, 11) is 1.39. The lowest BCUT2D eigenvalue weighted by Crippen LogP contribution is -2.42. The summed E-state index contributed by atoms with van der Waals surface area (Å²) >= 11 is 1.69. The summed E-state index contributed by atoms with van der Waals surface area (Å²) in [5.74, 6) is -0.435. The zero-order valence-corrected chi connectivity index (χ0v) is 15.3. The van der Waals surface area contributed by atoms with E-state index < -0.39 is 12.1 Å². The number of hydrogen-bond donors (Lipinski definition) is 1. The molecule has 6 nitrogen and oxygen atoms in total. The molecule has 0 aromatic heterocycles. The van der Waals surface area contributed by atoms with Gasteiger partial charge in [-0.3, -0.25) is 4.79 Å². The molecule has 7 heteroatoms. The third kappa shape index (κ3) is 3.48. The number of carbonyl (C=O) groups is 2. The number of aromatic hydroxyl groups is 1. The zero-order chi connectivity index (χ0) is 18.7. The normalized spacial score (nSPS) is 14.3. The van der Waals surface area contributed by atoms with Crippen LogP contribution < -0.4 is 9.64 Å². The molecule has 1 aliphatic rings. The van der Waals surface area contributed by atoms with Gasteiger partial charge in [-0.15, -0.1) is 11.8 Å². The Morgan fingerprint density at radius 2 is 1.96 bits per heavy atom. The number of hydrogen-bond acceptors (Lipinski definition) is 6. The first-order valence-corrected chi connectivity index (χ1v) is 9.11. The lowest BCUT2D eigenvalue weighted by atomic mass is 10.2. The highest BCUT2D eigenvalue weighted by Gasteiger charge is 2.29. The molecule has 2 aromatic carbocycles. The molecule has 0 bridgehead atoms. The highest BCUT2D eigenvalue weighted by atomic mass is 32.2. The molecular formula is C19H19NO5S. The first-order chi connectivity index (χ1) is 12.5. The number of fused-ring (bicyclic) bond motifs is 1. The molecule has 0 fully saturated rings. The summed E-state index contributed by atoms with van der Waals surface area (Å²) in [4.78, 5) is 27.8. The van der Waals surface area contributed by atoms with Crippen LogP contribution in [0.5, 0.6) is 11.5 Å². The minimum atomic E-state index is -0.982. The Hall–Kier alpha value is -2.67. The average molecular weight is 373 g/mol. The SMILES string of the molecule is COc1cccc(C(=O)O[C@H](C)C(=O)N2CCSc3ccccc32)c1O. The Morgan fingerprint density at radius 1 is 1.19 bits per heavy atom. The van der Waals surface area contributed by atoms with Crippen LogP contribution >= 0.6 is 11.8 Å². The van der Waals surface area contributed by atoms with E-state index >= 15 is 0 Å². The smallest absolute Gasteiger partial charge is 0.342 e. The number of anilines is 1. The summed E-state index contributed by atoms with van der Waals surface area (Å²) in [5, 5.41) is 10.1. The monoisotopic (exact) mass is 373 g/mol. The van der Waals surface area contributed by atoms with Gasteiger partial charge in [-0.1, -0.05) is 18.2 Å². The molecule has 0 spiro atoms. The van der Waals surface area contributed by atoms with Crippen molar-refractivity contribution in [1.82, 2.24) is 0 Å². The third-order valence-corrected chi connectivity index (χ3v) is 5.11. The quantitative estimate of drug-likeness (QED) is 0.830. The summed E-state index contributed by atoms with van der Waals surface area (Å²) < 4.78 is 10.3. The van der Waals surface area contributed by atoms with Gasteiger partial charge in [-0.25, -0.2) is 4.79 Å². The molecule has 136 valence electrons. The second-order valence-corrected chi connectivity index (χ2v) is 6.85. The number of para-hydroxylation sites is 2. The molecule has 3 rings (SSSR count). The van der Waals surface area contributed by atoms with Crippen molar-refractivity contribution in [2.75, 3.05) is 24.3 Å². The van der Waals surface area contributed by atoms with E-state index in [4.69, 9.17) is 9.47 Å². The van der Waals surface area contributed by atoms with E-state index in [1.807, 2.05) is 24.3 Å². The van der Waals surface area contributed by atoms with Crippen LogP contribution in [0.2, 0.25) is 0 Å². The largest absolute Gasteiger partial charge is 0.504 e. The van der Waals surface area contributed by atoms with Gasteiger partial charge in [0.05, 0.1) is 12.8 Å². The lowest BCUT2D eigenvalue weighted by Gasteiger charge is -2.30. The van der Waals surface area contributed by atoms with Gasteiger partial charge in [0, 0.05) is 17.2 Å². The maximum absolute atomic E-state index is 12.8. The molecule has 1 N–H and O–H groups in total. The Balaban J connectivity index is 1.75. The molecule has 0 saturated heterocycles. The number of benzene rings is 2. The van der Waals surface area contributed by atoms with Crippen molar-refractivity contribution in [3.8, 4) is 11.5 Å². The second-order valence-electron chi connectivity index (χ2n) is 5.71. The van der Waals surface area contributed by atoms with Crippen molar-refractivity contribution in [1.29, 1.82) is 0 Å². The Labute approximate surface area is 155 Å². The summed E-state index contributed by atoms with van der Waals surface area (Å²) in [5.41, 5.74) is 0.777. The summed E-state index contributed by atoms with van der Waals surface area (Å²) in [6, 6.07) is 12.2. The van der Waals surface area contributed by atoms with Crippen LogP contribution in [0.15, 0.2) is 47.4 Å². The number of phenols is 1. The fourth-order valence-corrected chi connectivity index (χ4v) is 3.74. The molecular weight excluding hydrogens is 354 g/mol. The van der Waals surface area contributed by atoms with Gasteiger partial charge >= 0.3 is 5.97 Å². The number of methoxy groups -OCH3 is 1. The highest BCUT2D eigenvalue weighted by molar-refractivity contribution is 7.99. The van der Waals surface area contributed by atoms with Crippen molar-refractivity contribution in [2.24, 2.45) is 0 Å². The molecule has 2 aromatic rings. The van der Waals surface area contributed by atoms with Crippen LogP contribution in [-0.2, 0) is 9.53 Å². The average Bonchev–Trinajstić information content (AvgIpc) is 2.67. The van der Waals surface area contributed by atoms with Crippen LogP contribution in [0.4, 0.5) is 5.69 Å². The van der Waals surface area contributed by atoms with Crippen molar-refractivity contribution >= 4 is 29.3 Å². The van der Waals surface area contributed by atoms with E-state index in [0.717, 1.165) is 16.3 Å². The minimum absolute atomic E-state index is 0.0430. The van der Waals surface area contributed by atoms with Gasteiger partial charge in [0.15, 0.2) is 17.6 Å². The first kappa shape index (κ1) is 18.1. The van der Waals surface area contributed by atoms with E-state index in [2.05, 4.69) is 0 Å².